The summed E-state index contributed by atoms with van der Waals surface area (Å²) in [6, 6.07) is 0.407. The second kappa shape index (κ2) is 2.94. The van der Waals surface area contributed by atoms with Gasteiger partial charge in [0.05, 0.1) is 6.61 Å². The monoisotopic (exact) mass is 197 g/mol. The zero-order valence-corrected chi connectivity index (χ0v) is 8.52. The number of fused-ring (bicyclic) bond motifs is 1. The van der Waals surface area contributed by atoms with Gasteiger partial charge in [0.25, 0.3) is 0 Å². The zero-order valence-electron chi connectivity index (χ0n) is 8.52. The van der Waals surface area contributed by atoms with Gasteiger partial charge in [-0.05, 0) is 31.1 Å². The lowest BCUT2D eigenvalue weighted by Gasteiger charge is -2.29. The Morgan fingerprint density at radius 1 is 1.29 bits per heavy atom. The van der Waals surface area contributed by atoms with E-state index < -0.39 is 0 Å². The molecule has 0 amide bonds. The second-order valence-corrected chi connectivity index (χ2v) is 5.50. The van der Waals surface area contributed by atoms with Crippen molar-refractivity contribution >= 4 is 0 Å². The van der Waals surface area contributed by atoms with Crippen molar-refractivity contribution in [2.75, 3.05) is 26.3 Å². The van der Waals surface area contributed by atoms with Crippen molar-refractivity contribution in [3.63, 3.8) is 0 Å². The predicted octanol–water partition coefficient (Wildman–Crippen LogP) is 0.0715. The first-order chi connectivity index (χ1) is 6.78. The van der Waals surface area contributed by atoms with Crippen LogP contribution in [0, 0.1) is 17.3 Å². The Balaban J connectivity index is 1.62. The van der Waals surface area contributed by atoms with Crippen LogP contribution in [0.1, 0.15) is 19.3 Å². The average molecular weight is 197 g/mol. The third-order valence-corrected chi connectivity index (χ3v) is 4.43. The Hall–Kier alpha value is -0.120. The lowest BCUT2D eigenvalue weighted by Crippen LogP contribution is -2.40. The first-order valence-corrected chi connectivity index (χ1v) is 5.74. The highest BCUT2D eigenvalue weighted by Gasteiger charge is 2.54. The van der Waals surface area contributed by atoms with E-state index in [0.717, 1.165) is 24.9 Å². The van der Waals surface area contributed by atoms with Gasteiger partial charge in [0.2, 0.25) is 0 Å². The van der Waals surface area contributed by atoms with Crippen molar-refractivity contribution in [3.05, 3.63) is 0 Å². The van der Waals surface area contributed by atoms with Gasteiger partial charge in [-0.2, -0.15) is 0 Å². The van der Waals surface area contributed by atoms with E-state index in [1.165, 1.54) is 19.3 Å². The van der Waals surface area contributed by atoms with E-state index in [9.17, 15) is 10.2 Å². The van der Waals surface area contributed by atoms with Crippen LogP contribution in [-0.2, 0) is 0 Å². The molecule has 3 fully saturated rings. The third kappa shape index (κ3) is 1.30. The Morgan fingerprint density at radius 3 is 2.64 bits per heavy atom. The molecule has 0 aromatic heterocycles. The molecule has 2 aliphatic carbocycles. The van der Waals surface area contributed by atoms with Gasteiger partial charge in [-0.3, -0.25) is 4.90 Å². The van der Waals surface area contributed by atoms with E-state index in [1.807, 2.05) is 0 Å². The Morgan fingerprint density at radius 2 is 2.07 bits per heavy atom. The molecule has 2 N–H and O–H groups in total. The smallest absolute Gasteiger partial charge is 0.0589 e. The van der Waals surface area contributed by atoms with Crippen molar-refractivity contribution in [3.8, 4) is 0 Å². The van der Waals surface area contributed by atoms with Crippen molar-refractivity contribution in [1.82, 2.24) is 4.90 Å². The maximum Gasteiger partial charge on any atom is 0.0589 e. The average Bonchev–Trinajstić information content (AvgIpc) is 3.08. The zero-order chi connectivity index (χ0) is 9.76. The van der Waals surface area contributed by atoms with Gasteiger partial charge in [0.1, 0.15) is 0 Å². The number of hydrogen-bond acceptors (Lipinski definition) is 3. The van der Waals surface area contributed by atoms with Crippen LogP contribution < -0.4 is 0 Å². The number of piperidine rings is 1. The molecule has 0 aromatic carbocycles. The van der Waals surface area contributed by atoms with Crippen molar-refractivity contribution in [2.45, 2.75) is 25.3 Å². The summed E-state index contributed by atoms with van der Waals surface area (Å²) in [7, 11) is 0. The topological polar surface area (TPSA) is 43.7 Å². The van der Waals surface area contributed by atoms with Crippen molar-refractivity contribution in [2.24, 2.45) is 17.3 Å². The van der Waals surface area contributed by atoms with E-state index in [4.69, 9.17) is 0 Å². The van der Waals surface area contributed by atoms with Crippen molar-refractivity contribution in [1.29, 1.82) is 0 Å². The minimum Gasteiger partial charge on any atom is -0.396 e. The second-order valence-electron chi connectivity index (χ2n) is 5.50. The molecular formula is C11H19NO2. The molecular weight excluding hydrogens is 178 g/mol. The van der Waals surface area contributed by atoms with Crippen LogP contribution >= 0.6 is 0 Å². The van der Waals surface area contributed by atoms with Gasteiger partial charge >= 0.3 is 0 Å². The molecule has 1 heterocycles. The summed E-state index contributed by atoms with van der Waals surface area (Å²) in [6.07, 6.45) is 3.68. The van der Waals surface area contributed by atoms with Crippen LogP contribution in [0.5, 0.6) is 0 Å². The Labute approximate surface area is 84.7 Å². The Bertz CT molecular complexity index is 239. The van der Waals surface area contributed by atoms with Crippen LogP contribution in [0.4, 0.5) is 0 Å². The molecule has 3 heteroatoms. The Kier molecular flexibility index (Phi) is 1.92. The van der Waals surface area contributed by atoms with E-state index in [-0.39, 0.29) is 5.41 Å². The lowest BCUT2D eigenvalue weighted by atomic mass is 10.1. The lowest BCUT2D eigenvalue weighted by molar-refractivity contribution is 0.0937. The van der Waals surface area contributed by atoms with E-state index >= 15 is 0 Å². The van der Waals surface area contributed by atoms with Crippen LogP contribution in [0.2, 0.25) is 0 Å². The fraction of sp³-hybridized carbons (Fsp3) is 1.00. The highest BCUT2D eigenvalue weighted by atomic mass is 16.3. The maximum absolute atomic E-state index is 9.32. The van der Waals surface area contributed by atoms with Crippen LogP contribution in [0.3, 0.4) is 0 Å². The maximum atomic E-state index is 9.32. The van der Waals surface area contributed by atoms with Gasteiger partial charge in [-0.15, -0.1) is 0 Å². The van der Waals surface area contributed by atoms with E-state index in [2.05, 4.69) is 4.90 Å². The molecule has 0 bridgehead atoms. The van der Waals surface area contributed by atoms with Gasteiger partial charge in [-0.1, -0.05) is 0 Å². The van der Waals surface area contributed by atoms with Crippen molar-refractivity contribution < 1.29 is 10.2 Å². The molecule has 3 atom stereocenters. The predicted molar refractivity (Wildman–Crippen MR) is 52.8 cm³/mol. The summed E-state index contributed by atoms with van der Waals surface area (Å²) in [6.45, 7) is 2.82. The highest BCUT2D eigenvalue weighted by Crippen LogP contribution is 2.53. The summed E-state index contributed by atoms with van der Waals surface area (Å²) in [5.41, 5.74) is 0.212. The molecule has 2 saturated carbocycles. The summed E-state index contributed by atoms with van der Waals surface area (Å²) in [5, 5.41) is 18.6. The molecule has 0 aromatic rings. The number of nitrogens with zero attached hydrogens (tertiary/aromatic N) is 1. The number of hydrogen-bond donors (Lipinski definition) is 2. The third-order valence-electron chi connectivity index (χ3n) is 4.43. The fourth-order valence-electron chi connectivity index (χ4n) is 3.07. The minimum atomic E-state index is 0.212. The molecule has 1 aliphatic heterocycles. The number of rotatable bonds is 4. The van der Waals surface area contributed by atoms with E-state index in [0.29, 0.717) is 19.3 Å². The molecule has 3 aliphatic rings. The summed E-state index contributed by atoms with van der Waals surface area (Å²) >= 11 is 0. The molecule has 3 nitrogen and oxygen atoms in total. The number of aliphatic hydroxyl groups excluding tert-OH is 2. The largest absolute Gasteiger partial charge is 0.396 e. The first-order valence-electron chi connectivity index (χ1n) is 5.74. The number of aliphatic hydroxyl groups is 2. The normalized spacial score (nSPS) is 43.7. The summed E-state index contributed by atoms with van der Waals surface area (Å²) in [4.78, 5) is 2.42. The van der Waals surface area contributed by atoms with Crippen LogP contribution in [0.15, 0.2) is 0 Å². The summed E-state index contributed by atoms with van der Waals surface area (Å²) < 4.78 is 0. The fourth-order valence-corrected chi connectivity index (χ4v) is 3.07. The molecule has 14 heavy (non-hydrogen) atoms. The summed E-state index contributed by atoms with van der Waals surface area (Å²) in [5.74, 6) is 1.64. The van der Waals surface area contributed by atoms with Gasteiger partial charge in [0, 0.05) is 31.2 Å². The highest BCUT2D eigenvalue weighted by molar-refractivity contribution is 5.07. The molecule has 3 rings (SSSR count). The molecule has 80 valence electrons. The first kappa shape index (κ1) is 9.13. The molecule has 3 unspecified atom stereocenters. The SMILES string of the molecule is OCC1C2CC2CN1CC1(CO)CC1. The van der Waals surface area contributed by atoms with Gasteiger partial charge in [0.15, 0.2) is 0 Å². The standard InChI is InChI=1S/C11H19NO2/c13-5-10-9-3-8(9)4-12(10)6-11(7-14)1-2-11/h8-10,13-14H,1-7H2. The number of likely N-dealkylation sites (tertiary alicyclic amines) is 1. The van der Waals surface area contributed by atoms with Gasteiger partial charge in [-0.25, -0.2) is 0 Å². The minimum absolute atomic E-state index is 0.212. The molecule has 0 radical (unpaired) electrons. The quantitative estimate of drug-likeness (QED) is 0.670. The van der Waals surface area contributed by atoms with E-state index in [1.54, 1.807) is 0 Å². The van der Waals surface area contributed by atoms with Gasteiger partial charge < -0.3 is 10.2 Å². The molecule has 0 spiro atoms. The molecule has 1 saturated heterocycles. The van der Waals surface area contributed by atoms with Crippen LogP contribution in [0.25, 0.3) is 0 Å². The van der Waals surface area contributed by atoms with Crippen LogP contribution in [-0.4, -0.2) is 47.5 Å².